The Kier molecular flexibility index (Phi) is 7.33. The Morgan fingerprint density at radius 1 is 1.03 bits per heavy atom. The number of nitrogens with one attached hydrogen (secondary N) is 1. The van der Waals surface area contributed by atoms with Crippen molar-refractivity contribution < 1.29 is 8.42 Å². The molecule has 0 unspecified atom stereocenters. The van der Waals surface area contributed by atoms with E-state index in [0.717, 1.165) is 48.5 Å². The molecule has 1 aromatic carbocycles. The molecule has 172 valence electrons. The highest BCUT2D eigenvalue weighted by molar-refractivity contribution is 7.94. The topological polar surface area (TPSA) is 65.5 Å². The van der Waals surface area contributed by atoms with Crippen LogP contribution in [0.3, 0.4) is 0 Å². The summed E-state index contributed by atoms with van der Waals surface area (Å²) in [5, 5.41) is 0.907. The highest BCUT2D eigenvalue weighted by Crippen LogP contribution is 2.35. The second-order valence-corrected chi connectivity index (χ2v) is 11.5. The Morgan fingerprint density at radius 3 is 2.50 bits per heavy atom. The van der Waals surface area contributed by atoms with E-state index in [1.54, 1.807) is 12.3 Å². The van der Waals surface area contributed by atoms with Crippen molar-refractivity contribution in [1.29, 1.82) is 0 Å². The quantitative estimate of drug-likeness (QED) is 0.445. The average molecular weight is 473 g/mol. The standard InChI is InChI=1S/C24H32N4O2S2/c1-3-4-5-6-7-19-8-10-20(11-9-19)26-32(29,30)23-18-21-22(31-23)12-13-25-24(21)28-16-14-27(2)15-17-28/h8-13,18,26H,3-7,14-17H2,1-2H3. The Hall–Kier alpha value is -2.16. The summed E-state index contributed by atoms with van der Waals surface area (Å²) in [5.41, 5.74) is 1.84. The number of unbranched alkanes of at least 4 members (excludes halogenated alkanes) is 3. The molecule has 0 aliphatic carbocycles. The number of aryl methyl sites for hydroxylation is 1. The highest BCUT2D eigenvalue weighted by Gasteiger charge is 2.22. The van der Waals surface area contributed by atoms with E-state index in [0.29, 0.717) is 9.90 Å². The molecule has 1 aliphatic rings. The molecule has 1 aliphatic heterocycles. The molecule has 1 N–H and O–H groups in total. The molecular weight excluding hydrogens is 440 g/mol. The summed E-state index contributed by atoms with van der Waals surface area (Å²) in [6.45, 7) is 5.95. The summed E-state index contributed by atoms with van der Waals surface area (Å²) in [7, 11) is -1.54. The second kappa shape index (κ2) is 10.2. The predicted molar refractivity (Wildman–Crippen MR) is 134 cm³/mol. The first kappa shape index (κ1) is 23.0. The van der Waals surface area contributed by atoms with Crippen LogP contribution in [0.1, 0.15) is 38.2 Å². The largest absolute Gasteiger partial charge is 0.354 e. The van der Waals surface area contributed by atoms with Gasteiger partial charge in [0, 0.05) is 48.1 Å². The zero-order valence-corrected chi connectivity index (χ0v) is 20.5. The van der Waals surface area contributed by atoms with E-state index in [4.69, 9.17) is 0 Å². The number of nitrogens with zero attached hydrogens (tertiary/aromatic N) is 3. The molecule has 2 aromatic heterocycles. The molecule has 0 bridgehead atoms. The molecule has 0 atom stereocenters. The van der Waals surface area contributed by atoms with Crippen LogP contribution in [-0.2, 0) is 16.4 Å². The maximum absolute atomic E-state index is 13.1. The van der Waals surface area contributed by atoms with Crippen molar-refractivity contribution in [2.75, 3.05) is 42.8 Å². The van der Waals surface area contributed by atoms with Gasteiger partial charge < -0.3 is 9.80 Å². The summed E-state index contributed by atoms with van der Waals surface area (Å²) >= 11 is 1.29. The van der Waals surface area contributed by atoms with Crippen LogP contribution in [0.5, 0.6) is 0 Å². The van der Waals surface area contributed by atoms with Gasteiger partial charge in [0.1, 0.15) is 10.0 Å². The summed E-state index contributed by atoms with van der Waals surface area (Å²) in [4.78, 5) is 9.12. The number of anilines is 2. The Labute approximate surface area is 195 Å². The van der Waals surface area contributed by atoms with Gasteiger partial charge in [0.15, 0.2) is 0 Å². The van der Waals surface area contributed by atoms with Gasteiger partial charge in [0.05, 0.1) is 0 Å². The number of fused-ring (bicyclic) bond motifs is 1. The van der Waals surface area contributed by atoms with Gasteiger partial charge in [-0.2, -0.15) is 0 Å². The number of rotatable bonds is 9. The van der Waals surface area contributed by atoms with Gasteiger partial charge in [0.25, 0.3) is 10.0 Å². The van der Waals surface area contributed by atoms with Crippen molar-refractivity contribution >= 4 is 43.0 Å². The molecule has 3 heterocycles. The summed E-state index contributed by atoms with van der Waals surface area (Å²) in [5.74, 6) is 0.876. The van der Waals surface area contributed by atoms with Crippen LogP contribution in [0.25, 0.3) is 10.1 Å². The SMILES string of the molecule is CCCCCCc1ccc(NS(=O)(=O)c2cc3c(N4CCN(C)CC4)nccc3s2)cc1. The van der Waals surface area contributed by atoms with Gasteiger partial charge in [-0.15, -0.1) is 11.3 Å². The fraction of sp³-hybridized carbons (Fsp3) is 0.458. The lowest BCUT2D eigenvalue weighted by Gasteiger charge is -2.33. The number of sulfonamides is 1. The van der Waals surface area contributed by atoms with E-state index in [2.05, 4.69) is 33.5 Å². The molecule has 3 aromatic rings. The first-order valence-electron chi connectivity index (χ1n) is 11.4. The molecule has 0 saturated carbocycles. The lowest BCUT2D eigenvalue weighted by atomic mass is 10.1. The lowest BCUT2D eigenvalue weighted by Crippen LogP contribution is -2.44. The highest BCUT2D eigenvalue weighted by atomic mass is 32.2. The third-order valence-electron chi connectivity index (χ3n) is 5.99. The number of likely N-dealkylation sites (N-methyl/N-ethyl adjacent to an activating group) is 1. The molecule has 0 radical (unpaired) electrons. The zero-order chi connectivity index (χ0) is 22.6. The molecule has 4 rings (SSSR count). The maximum atomic E-state index is 13.1. The lowest BCUT2D eigenvalue weighted by molar-refractivity contribution is 0.312. The summed E-state index contributed by atoms with van der Waals surface area (Å²) in [6, 6.07) is 11.4. The van der Waals surface area contributed by atoms with Crippen LogP contribution in [0.2, 0.25) is 0 Å². The molecule has 0 spiro atoms. The van der Waals surface area contributed by atoms with Crippen molar-refractivity contribution in [1.82, 2.24) is 9.88 Å². The van der Waals surface area contributed by atoms with Crippen LogP contribution in [-0.4, -0.2) is 51.5 Å². The van der Waals surface area contributed by atoms with Crippen LogP contribution >= 0.6 is 11.3 Å². The van der Waals surface area contributed by atoms with Gasteiger partial charge in [-0.1, -0.05) is 38.3 Å². The Bertz CT molecular complexity index is 1130. The van der Waals surface area contributed by atoms with Crippen LogP contribution in [0, 0.1) is 0 Å². The number of piperazine rings is 1. The summed E-state index contributed by atoms with van der Waals surface area (Å²) in [6.07, 6.45) is 7.71. The van der Waals surface area contributed by atoms with Crippen LogP contribution in [0.4, 0.5) is 11.5 Å². The maximum Gasteiger partial charge on any atom is 0.271 e. The third kappa shape index (κ3) is 5.42. The molecule has 1 saturated heterocycles. The molecule has 0 amide bonds. The number of hydrogen-bond donors (Lipinski definition) is 1. The van der Waals surface area contributed by atoms with Gasteiger partial charge in [0.2, 0.25) is 0 Å². The van der Waals surface area contributed by atoms with E-state index in [9.17, 15) is 8.42 Å². The van der Waals surface area contributed by atoms with E-state index < -0.39 is 10.0 Å². The Morgan fingerprint density at radius 2 is 1.78 bits per heavy atom. The Balaban J connectivity index is 1.49. The number of benzene rings is 1. The van der Waals surface area contributed by atoms with Crippen molar-refractivity contribution in [3.05, 3.63) is 48.2 Å². The van der Waals surface area contributed by atoms with Crippen molar-refractivity contribution in [3.8, 4) is 0 Å². The first-order chi connectivity index (χ1) is 15.5. The molecule has 6 nitrogen and oxygen atoms in total. The minimum absolute atomic E-state index is 0.319. The summed E-state index contributed by atoms with van der Waals surface area (Å²) < 4.78 is 30.2. The van der Waals surface area contributed by atoms with E-state index in [1.165, 1.54) is 42.6 Å². The predicted octanol–water partition coefficient (Wildman–Crippen LogP) is 4.97. The minimum atomic E-state index is -3.65. The minimum Gasteiger partial charge on any atom is -0.354 e. The number of thiophene rings is 1. The van der Waals surface area contributed by atoms with Gasteiger partial charge in [-0.05, 0) is 49.7 Å². The molecular formula is C24H32N4O2S2. The smallest absolute Gasteiger partial charge is 0.271 e. The van der Waals surface area contributed by atoms with Crippen molar-refractivity contribution in [3.63, 3.8) is 0 Å². The third-order valence-corrected chi connectivity index (χ3v) is 8.95. The fourth-order valence-corrected chi connectivity index (χ4v) is 6.46. The molecule has 32 heavy (non-hydrogen) atoms. The average Bonchev–Trinajstić information content (AvgIpc) is 3.24. The number of aromatic nitrogens is 1. The molecule has 8 heteroatoms. The molecule has 1 fully saturated rings. The zero-order valence-electron chi connectivity index (χ0n) is 18.9. The normalized spacial score (nSPS) is 15.4. The van der Waals surface area contributed by atoms with Crippen LogP contribution < -0.4 is 9.62 Å². The number of pyridine rings is 1. The number of hydrogen-bond acceptors (Lipinski definition) is 6. The fourth-order valence-electron chi connectivity index (χ4n) is 4.03. The van der Waals surface area contributed by atoms with E-state index in [-0.39, 0.29) is 0 Å². The van der Waals surface area contributed by atoms with Crippen LogP contribution in [0.15, 0.2) is 46.8 Å². The van der Waals surface area contributed by atoms with Gasteiger partial charge in [-0.25, -0.2) is 13.4 Å². The second-order valence-electron chi connectivity index (χ2n) is 8.52. The van der Waals surface area contributed by atoms with Crippen molar-refractivity contribution in [2.45, 2.75) is 43.2 Å². The first-order valence-corrected chi connectivity index (χ1v) is 13.7. The van der Waals surface area contributed by atoms with Crippen molar-refractivity contribution in [2.24, 2.45) is 0 Å². The van der Waals surface area contributed by atoms with Gasteiger partial charge in [-0.3, -0.25) is 4.72 Å². The van der Waals surface area contributed by atoms with E-state index in [1.807, 2.05) is 30.3 Å². The monoisotopic (exact) mass is 472 g/mol. The van der Waals surface area contributed by atoms with E-state index >= 15 is 0 Å². The van der Waals surface area contributed by atoms with Gasteiger partial charge >= 0.3 is 0 Å².